The van der Waals surface area contributed by atoms with Crippen LogP contribution in [0.1, 0.15) is 49.4 Å². The van der Waals surface area contributed by atoms with E-state index in [0.29, 0.717) is 45.1 Å². The van der Waals surface area contributed by atoms with Gasteiger partial charge >= 0.3 is 5.91 Å². The Kier molecular flexibility index (Phi) is 6.75. The van der Waals surface area contributed by atoms with E-state index < -0.39 is 17.7 Å². The van der Waals surface area contributed by atoms with Gasteiger partial charge in [0.25, 0.3) is 5.78 Å². The predicted octanol–water partition coefficient (Wildman–Crippen LogP) is 7.10. The van der Waals surface area contributed by atoms with Crippen LogP contribution < -0.4 is 9.64 Å². The second-order valence-electron chi connectivity index (χ2n) is 9.06. The van der Waals surface area contributed by atoms with Crippen molar-refractivity contribution in [1.29, 1.82) is 0 Å². The maximum Gasteiger partial charge on any atom is 0.301 e. The number of amides is 1. The molecule has 0 spiro atoms. The van der Waals surface area contributed by atoms with Gasteiger partial charge < -0.3 is 9.84 Å². The number of rotatable bonds is 6. The standard InChI is InChI=1S/C29H25ClN2O4S/c1-4-36-21-7-5-6-19(14-21)26(33)24-25(18-10-8-17(9-11-18)16(2)3)32(28(35)27(24)34)29-31-22-13-12-20(30)15-23(22)37-29/h5-16,25,33H,4H2,1-3H3. The molecule has 0 saturated carbocycles. The maximum absolute atomic E-state index is 13.5. The number of hydrogen-bond acceptors (Lipinski definition) is 6. The molecule has 1 aliphatic rings. The fraction of sp³-hybridized carbons (Fsp3) is 0.207. The van der Waals surface area contributed by atoms with Gasteiger partial charge in [-0.2, -0.15) is 0 Å². The highest BCUT2D eigenvalue weighted by Crippen LogP contribution is 2.45. The van der Waals surface area contributed by atoms with Crippen LogP contribution in [0.25, 0.3) is 16.0 Å². The van der Waals surface area contributed by atoms with Crippen LogP contribution in [-0.2, 0) is 9.59 Å². The third-order valence-electron chi connectivity index (χ3n) is 6.33. The van der Waals surface area contributed by atoms with Gasteiger partial charge in [-0.1, -0.05) is 73.2 Å². The van der Waals surface area contributed by atoms with Gasteiger partial charge in [-0.15, -0.1) is 0 Å². The Hall–Kier alpha value is -3.68. The number of carbonyl (C=O) groups is 2. The fourth-order valence-corrected chi connectivity index (χ4v) is 5.72. The number of aliphatic hydroxyl groups is 1. The first-order chi connectivity index (χ1) is 17.8. The molecule has 1 fully saturated rings. The van der Waals surface area contributed by atoms with Crippen LogP contribution in [0.4, 0.5) is 5.13 Å². The van der Waals surface area contributed by atoms with E-state index in [0.717, 1.165) is 10.3 Å². The Morgan fingerprint density at radius 2 is 1.86 bits per heavy atom. The van der Waals surface area contributed by atoms with Gasteiger partial charge in [0.2, 0.25) is 0 Å². The molecule has 1 aromatic heterocycles. The summed E-state index contributed by atoms with van der Waals surface area (Å²) in [7, 11) is 0. The monoisotopic (exact) mass is 532 g/mol. The highest BCUT2D eigenvalue weighted by Gasteiger charge is 2.48. The first-order valence-electron chi connectivity index (χ1n) is 12.0. The van der Waals surface area contributed by atoms with E-state index in [-0.39, 0.29) is 11.3 Å². The summed E-state index contributed by atoms with van der Waals surface area (Å²) in [6, 6.07) is 19.0. The zero-order valence-corrected chi connectivity index (χ0v) is 22.1. The van der Waals surface area contributed by atoms with Crippen LogP contribution in [0.2, 0.25) is 5.02 Å². The van der Waals surface area contributed by atoms with E-state index in [2.05, 4.69) is 18.8 Å². The second-order valence-corrected chi connectivity index (χ2v) is 10.5. The number of hydrogen-bond donors (Lipinski definition) is 1. The summed E-state index contributed by atoms with van der Waals surface area (Å²) in [5.74, 6) is -0.901. The zero-order chi connectivity index (χ0) is 26.3. The number of aliphatic hydroxyl groups excluding tert-OH is 1. The van der Waals surface area contributed by atoms with Crippen molar-refractivity contribution in [3.8, 4) is 5.75 Å². The molecular weight excluding hydrogens is 508 g/mol. The van der Waals surface area contributed by atoms with Crippen molar-refractivity contribution < 1.29 is 19.4 Å². The molecule has 37 heavy (non-hydrogen) atoms. The van der Waals surface area contributed by atoms with Crippen molar-refractivity contribution in [2.75, 3.05) is 11.5 Å². The lowest BCUT2D eigenvalue weighted by molar-refractivity contribution is -0.132. The quantitative estimate of drug-likeness (QED) is 0.163. The van der Waals surface area contributed by atoms with Gasteiger partial charge in [0, 0.05) is 10.6 Å². The molecule has 1 amide bonds. The Bertz CT molecular complexity index is 1540. The summed E-state index contributed by atoms with van der Waals surface area (Å²) >= 11 is 7.44. The average molecular weight is 533 g/mol. The number of Topliss-reactive ketones (excluding diaryl/α,β-unsaturated/α-hetero) is 1. The molecule has 4 aromatic rings. The molecule has 1 unspecified atom stereocenters. The van der Waals surface area contributed by atoms with Crippen LogP contribution >= 0.6 is 22.9 Å². The number of fused-ring (bicyclic) bond motifs is 1. The van der Waals surface area contributed by atoms with Crippen LogP contribution in [0.5, 0.6) is 5.75 Å². The molecule has 0 bridgehead atoms. The first-order valence-corrected chi connectivity index (χ1v) is 13.2. The van der Waals surface area contributed by atoms with E-state index in [9.17, 15) is 14.7 Å². The lowest BCUT2D eigenvalue weighted by Crippen LogP contribution is -2.29. The second kappa shape index (κ2) is 10.00. The minimum absolute atomic E-state index is 0.00762. The van der Waals surface area contributed by atoms with E-state index in [1.807, 2.05) is 31.2 Å². The molecular formula is C29H25ClN2O4S. The number of halogens is 1. The van der Waals surface area contributed by atoms with Crippen molar-refractivity contribution in [3.05, 3.63) is 94.0 Å². The molecule has 1 N–H and O–H groups in total. The number of nitrogens with zero attached hydrogens (tertiary/aromatic N) is 2. The zero-order valence-electron chi connectivity index (χ0n) is 20.6. The fourth-order valence-electron chi connectivity index (χ4n) is 4.45. The largest absolute Gasteiger partial charge is 0.507 e. The van der Waals surface area contributed by atoms with Gasteiger partial charge in [0.1, 0.15) is 11.5 Å². The van der Waals surface area contributed by atoms with E-state index in [1.54, 1.807) is 42.5 Å². The third kappa shape index (κ3) is 4.61. The smallest absolute Gasteiger partial charge is 0.301 e. The van der Waals surface area contributed by atoms with Crippen LogP contribution in [0.15, 0.2) is 72.3 Å². The van der Waals surface area contributed by atoms with Gasteiger partial charge in [-0.25, -0.2) is 4.98 Å². The Morgan fingerprint density at radius 1 is 1.11 bits per heavy atom. The average Bonchev–Trinajstić information content (AvgIpc) is 3.41. The van der Waals surface area contributed by atoms with Crippen molar-refractivity contribution in [1.82, 2.24) is 4.98 Å². The van der Waals surface area contributed by atoms with E-state index in [4.69, 9.17) is 16.3 Å². The molecule has 2 heterocycles. The normalized spacial score (nSPS) is 17.2. The van der Waals surface area contributed by atoms with Gasteiger partial charge in [-0.3, -0.25) is 14.5 Å². The number of aromatic nitrogens is 1. The summed E-state index contributed by atoms with van der Waals surface area (Å²) in [5.41, 5.74) is 2.89. The molecule has 0 aliphatic carbocycles. The Labute approximate surface area is 223 Å². The lowest BCUT2D eigenvalue weighted by Gasteiger charge is -2.23. The molecule has 1 aliphatic heterocycles. The molecule has 3 aromatic carbocycles. The third-order valence-corrected chi connectivity index (χ3v) is 7.58. The molecule has 6 nitrogen and oxygen atoms in total. The molecule has 1 atom stereocenters. The Morgan fingerprint density at radius 3 is 2.57 bits per heavy atom. The minimum atomic E-state index is -0.854. The predicted molar refractivity (Wildman–Crippen MR) is 148 cm³/mol. The number of benzene rings is 3. The summed E-state index contributed by atoms with van der Waals surface area (Å²) < 4.78 is 6.37. The number of carbonyl (C=O) groups excluding carboxylic acids is 2. The number of ether oxygens (including phenoxy) is 1. The van der Waals surface area contributed by atoms with Gasteiger partial charge in [0.15, 0.2) is 5.13 Å². The lowest BCUT2D eigenvalue weighted by atomic mass is 9.93. The topological polar surface area (TPSA) is 79.7 Å². The van der Waals surface area contributed by atoms with Crippen LogP contribution in [0.3, 0.4) is 0 Å². The van der Waals surface area contributed by atoms with Crippen molar-refractivity contribution in [2.45, 2.75) is 32.7 Å². The van der Waals surface area contributed by atoms with E-state index >= 15 is 0 Å². The van der Waals surface area contributed by atoms with Gasteiger partial charge in [0.05, 0.1) is 28.4 Å². The number of thiazole rings is 1. The highest BCUT2D eigenvalue weighted by molar-refractivity contribution is 7.22. The number of ketones is 1. The summed E-state index contributed by atoms with van der Waals surface area (Å²) in [4.78, 5) is 32.9. The molecule has 0 radical (unpaired) electrons. The minimum Gasteiger partial charge on any atom is -0.507 e. The van der Waals surface area contributed by atoms with Crippen LogP contribution in [0, 0.1) is 0 Å². The summed E-state index contributed by atoms with van der Waals surface area (Å²) in [6.45, 7) is 6.51. The summed E-state index contributed by atoms with van der Waals surface area (Å²) in [5, 5.41) is 12.3. The highest BCUT2D eigenvalue weighted by atomic mass is 35.5. The molecule has 5 rings (SSSR count). The van der Waals surface area contributed by atoms with Crippen LogP contribution in [-0.4, -0.2) is 28.4 Å². The van der Waals surface area contributed by atoms with Crippen molar-refractivity contribution in [3.63, 3.8) is 0 Å². The SMILES string of the molecule is CCOc1cccc(C(O)=C2C(=O)C(=O)N(c3nc4ccc(Cl)cc4s3)C2c2ccc(C(C)C)cc2)c1. The molecule has 8 heteroatoms. The van der Waals surface area contributed by atoms with Crippen molar-refractivity contribution in [2.24, 2.45) is 0 Å². The van der Waals surface area contributed by atoms with Gasteiger partial charge in [-0.05, 0) is 54.3 Å². The van der Waals surface area contributed by atoms with E-state index in [1.165, 1.54) is 16.2 Å². The summed E-state index contributed by atoms with van der Waals surface area (Å²) in [6.07, 6.45) is 0. The molecule has 188 valence electrons. The molecule has 1 saturated heterocycles. The first kappa shape index (κ1) is 25.0. The maximum atomic E-state index is 13.5. The number of anilines is 1. The van der Waals surface area contributed by atoms with Crippen molar-refractivity contribution >= 4 is 55.7 Å². The Balaban J connectivity index is 1.70.